The van der Waals surface area contributed by atoms with E-state index in [0.717, 1.165) is 17.7 Å². The van der Waals surface area contributed by atoms with Crippen molar-refractivity contribution in [1.29, 1.82) is 0 Å². The van der Waals surface area contributed by atoms with E-state index in [4.69, 9.17) is 5.11 Å². The highest BCUT2D eigenvalue weighted by Crippen LogP contribution is 2.27. The molecule has 0 aromatic heterocycles. The third-order valence-electron chi connectivity index (χ3n) is 4.35. The number of carbonyl (C=O) groups is 2. The lowest BCUT2D eigenvalue weighted by molar-refractivity contribution is -0.122. The van der Waals surface area contributed by atoms with E-state index in [1.807, 2.05) is 38.1 Å². The molecular weight excluding hydrogens is 292 g/mol. The van der Waals surface area contributed by atoms with Crippen molar-refractivity contribution in [2.75, 3.05) is 18.1 Å². The van der Waals surface area contributed by atoms with Gasteiger partial charge in [-0.15, -0.1) is 0 Å². The van der Waals surface area contributed by atoms with Gasteiger partial charge in [0.1, 0.15) is 0 Å². The van der Waals surface area contributed by atoms with Gasteiger partial charge in [0, 0.05) is 37.7 Å². The van der Waals surface area contributed by atoms with Crippen LogP contribution in [0.2, 0.25) is 0 Å². The first-order chi connectivity index (χ1) is 11.0. The Labute approximate surface area is 137 Å². The quantitative estimate of drug-likeness (QED) is 0.806. The van der Waals surface area contributed by atoms with E-state index < -0.39 is 0 Å². The summed E-state index contributed by atoms with van der Waals surface area (Å²) in [6, 6.07) is 7.83. The fourth-order valence-corrected chi connectivity index (χ4v) is 2.95. The third kappa shape index (κ3) is 4.55. The van der Waals surface area contributed by atoms with Crippen molar-refractivity contribution in [3.05, 3.63) is 29.8 Å². The summed E-state index contributed by atoms with van der Waals surface area (Å²) in [5.74, 6) is 0.267. The van der Waals surface area contributed by atoms with Crippen LogP contribution < -0.4 is 10.2 Å². The lowest BCUT2D eigenvalue weighted by atomic mass is 10.0. The molecule has 2 rings (SSSR count). The number of para-hydroxylation sites is 1. The normalized spacial score (nSPS) is 15.5. The summed E-state index contributed by atoms with van der Waals surface area (Å²) in [6.45, 7) is 4.49. The zero-order chi connectivity index (χ0) is 16.8. The number of aryl methyl sites for hydroxylation is 1. The van der Waals surface area contributed by atoms with Crippen molar-refractivity contribution >= 4 is 17.5 Å². The van der Waals surface area contributed by atoms with Crippen molar-refractivity contribution in [3.8, 4) is 0 Å². The molecule has 2 N–H and O–H groups in total. The Morgan fingerprint density at radius 1 is 1.30 bits per heavy atom. The number of fused-ring (bicyclic) bond motifs is 1. The lowest BCUT2D eigenvalue weighted by Gasteiger charge is -2.29. The molecular formula is C18H26N2O3. The molecule has 2 amide bonds. The van der Waals surface area contributed by atoms with Crippen LogP contribution in [0.15, 0.2) is 24.3 Å². The number of benzene rings is 1. The van der Waals surface area contributed by atoms with Gasteiger partial charge in [0.25, 0.3) is 0 Å². The van der Waals surface area contributed by atoms with E-state index in [9.17, 15) is 9.59 Å². The van der Waals surface area contributed by atoms with Crippen LogP contribution in [0.5, 0.6) is 0 Å². The highest BCUT2D eigenvalue weighted by Gasteiger charge is 2.24. The second-order valence-electron chi connectivity index (χ2n) is 6.35. The van der Waals surface area contributed by atoms with Crippen molar-refractivity contribution in [1.82, 2.24) is 5.32 Å². The van der Waals surface area contributed by atoms with Crippen molar-refractivity contribution in [2.24, 2.45) is 5.92 Å². The Hall–Kier alpha value is -1.88. The number of nitrogens with one attached hydrogen (secondary N) is 1. The zero-order valence-corrected chi connectivity index (χ0v) is 13.9. The van der Waals surface area contributed by atoms with Gasteiger partial charge in [-0.05, 0) is 30.4 Å². The number of aliphatic hydroxyl groups is 1. The van der Waals surface area contributed by atoms with E-state index >= 15 is 0 Å². The second-order valence-corrected chi connectivity index (χ2v) is 6.35. The molecule has 0 radical (unpaired) electrons. The Balaban J connectivity index is 1.95. The maximum atomic E-state index is 12.2. The minimum atomic E-state index is -0.0759. The predicted octanol–water partition coefficient (Wildman–Crippen LogP) is 1.88. The first kappa shape index (κ1) is 17.5. The van der Waals surface area contributed by atoms with E-state index in [1.165, 1.54) is 0 Å². The summed E-state index contributed by atoms with van der Waals surface area (Å²) < 4.78 is 0. The van der Waals surface area contributed by atoms with Crippen LogP contribution in [0.4, 0.5) is 5.69 Å². The molecule has 0 saturated carbocycles. The van der Waals surface area contributed by atoms with Gasteiger partial charge in [-0.25, -0.2) is 0 Å². The molecule has 5 nitrogen and oxygen atoms in total. The van der Waals surface area contributed by atoms with Crippen molar-refractivity contribution in [2.45, 2.75) is 45.6 Å². The molecule has 5 heteroatoms. The summed E-state index contributed by atoms with van der Waals surface area (Å²) in [5, 5.41) is 12.0. The van der Waals surface area contributed by atoms with E-state index in [0.29, 0.717) is 19.4 Å². The van der Waals surface area contributed by atoms with Crippen molar-refractivity contribution in [3.63, 3.8) is 0 Å². The molecule has 0 saturated heterocycles. The summed E-state index contributed by atoms with van der Waals surface area (Å²) in [7, 11) is 0. The number of anilines is 1. The highest BCUT2D eigenvalue weighted by atomic mass is 16.3. The number of hydrogen-bond acceptors (Lipinski definition) is 3. The molecule has 0 fully saturated rings. The van der Waals surface area contributed by atoms with Crippen LogP contribution in [-0.4, -0.2) is 36.1 Å². The first-order valence-corrected chi connectivity index (χ1v) is 8.31. The number of amides is 2. The van der Waals surface area contributed by atoms with Crippen LogP contribution in [0.3, 0.4) is 0 Å². The number of rotatable bonds is 7. The summed E-state index contributed by atoms with van der Waals surface area (Å²) >= 11 is 0. The Kier molecular flexibility index (Phi) is 6.16. The van der Waals surface area contributed by atoms with Gasteiger partial charge < -0.3 is 15.3 Å². The maximum Gasteiger partial charge on any atom is 0.227 e. The molecule has 1 atom stereocenters. The van der Waals surface area contributed by atoms with E-state index in [1.54, 1.807) is 4.90 Å². The van der Waals surface area contributed by atoms with Gasteiger partial charge in [0.2, 0.25) is 11.8 Å². The molecule has 126 valence electrons. The van der Waals surface area contributed by atoms with Crippen LogP contribution in [-0.2, 0) is 16.0 Å². The summed E-state index contributed by atoms with van der Waals surface area (Å²) in [6.07, 6.45) is 2.09. The number of nitrogens with zero attached hydrogens (tertiary/aromatic N) is 1. The topological polar surface area (TPSA) is 69.6 Å². The molecule has 1 aromatic carbocycles. The average Bonchev–Trinajstić information content (AvgIpc) is 2.53. The van der Waals surface area contributed by atoms with Crippen LogP contribution in [0.1, 0.15) is 38.7 Å². The minimum Gasteiger partial charge on any atom is -0.396 e. The predicted molar refractivity (Wildman–Crippen MR) is 90.2 cm³/mol. The largest absolute Gasteiger partial charge is 0.396 e. The molecule has 0 spiro atoms. The average molecular weight is 318 g/mol. The molecule has 1 aliphatic heterocycles. The maximum absolute atomic E-state index is 12.2. The molecule has 1 heterocycles. The van der Waals surface area contributed by atoms with E-state index in [2.05, 4.69) is 5.32 Å². The Bertz CT molecular complexity index is 557. The van der Waals surface area contributed by atoms with Gasteiger partial charge in [-0.3, -0.25) is 9.59 Å². The van der Waals surface area contributed by atoms with Gasteiger partial charge >= 0.3 is 0 Å². The Morgan fingerprint density at radius 3 is 2.74 bits per heavy atom. The molecule has 0 aliphatic carbocycles. The van der Waals surface area contributed by atoms with Gasteiger partial charge in [-0.1, -0.05) is 32.0 Å². The first-order valence-electron chi connectivity index (χ1n) is 8.31. The van der Waals surface area contributed by atoms with Gasteiger partial charge in [0.15, 0.2) is 0 Å². The Morgan fingerprint density at radius 2 is 2.04 bits per heavy atom. The molecule has 23 heavy (non-hydrogen) atoms. The van der Waals surface area contributed by atoms with Crippen LogP contribution in [0.25, 0.3) is 0 Å². The van der Waals surface area contributed by atoms with Crippen molar-refractivity contribution < 1.29 is 14.7 Å². The lowest BCUT2D eigenvalue weighted by Crippen LogP contribution is -2.42. The SMILES string of the molecule is CC(C)C(CCO)NC(=O)CCN1C(=O)CCc2ccccc21. The van der Waals surface area contributed by atoms with Crippen LogP contribution >= 0.6 is 0 Å². The second kappa shape index (κ2) is 8.11. The zero-order valence-electron chi connectivity index (χ0n) is 13.9. The fraction of sp³-hybridized carbons (Fsp3) is 0.556. The number of aliphatic hydroxyl groups excluding tert-OH is 1. The highest BCUT2D eigenvalue weighted by molar-refractivity contribution is 5.97. The van der Waals surface area contributed by atoms with Gasteiger partial charge in [-0.2, -0.15) is 0 Å². The molecule has 0 bridgehead atoms. The minimum absolute atomic E-state index is 0.0307. The summed E-state index contributed by atoms with van der Waals surface area (Å²) in [4.78, 5) is 26.0. The van der Waals surface area contributed by atoms with E-state index in [-0.39, 0.29) is 36.8 Å². The monoisotopic (exact) mass is 318 g/mol. The molecule has 1 aliphatic rings. The van der Waals surface area contributed by atoms with Gasteiger partial charge in [0.05, 0.1) is 0 Å². The smallest absolute Gasteiger partial charge is 0.227 e. The molecule has 1 unspecified atom stereocenters. The third-order valence-corrected chi connectivity index (χ3v) is 4.35. The van der Waals surface area contributed by atoms with Crippen LogP contribution in [0, 0.1) is 5.92 Å². The number of carbonyl (C=O) groups excluding carboxylic acids is 2. The fourth-order valence-electron chi connectivity index (χ4n) is 2.95. The summed E-state index contributed by atoms with van der Waals surface area (Å²) in [5.41, 5.74) is 2.08. The standard InChI is InChI=1S/C18H26N2O3/c1-13(2)15(10-12-21)19-17(22)9-11-20-16-6-4-3-5-14(16)7-8-18(20)23/h3-6,13,15,21H,7-12H2,1-2H3,(H,19,22). The molecule has 1 aromatic rings. The number of hydrogen-bond donors (Lipinski definition) is 2.